The van der Waals surface area contributed by atoms with E-state index in [4.69, 9.17) is 4.74 Å². The van der Waals surface area contributed by atoms with Crippen LogP contribution in [0.2, 0.25) is 0 Å². The molecule has 0 amide bonds. The van der Waals surface area contributed by atoms with Gasteiger partial charge in [0, 0.05) is 32.7 Å². The van der Waals surface area contributed by atoms with Gasteiger partial charge in [-0.25, -0.2) is 16.8 Å². The van der Waals surface area contributed by atoms with Gasteiger partial charge in [-0.2, -0.15) is 8.61 Å². The molecule has 0 N–H and O–H groups in total. The molecular weight excluding hydrogens is 595 g/mol. The highest BCUT2D eigenvalue weighted by Crippen LogP contribution is 2.26. The number of aryl methyl sites for hydroxylation is 1. The molecule has 1 aliphatic heterocycles. The minimum absolute atomic E-state index is 0.0552. The van der Waals surface area contributed by atoms with Gasteiger partial charge < -0.3 is 9.64 Å². The maximum atomic E-state index is 14.0. The summed E-state index contributed by atoms with van der Waals surface area (Å²) >= 11 is 0. The van der Waals surface area contributed by atoms with Crippen molar-refractivity contribution < 1.29 is 21.6 Å². The molecule has 1 saturated carbocycles. The van der Waals surface area contributed by atoms with Crippen LogP contribution in [0.1, 0.15) is 70.3 Å². The topological polar surface area (TPSA) is 87.2 Å². The van der Waals surface area contributed by atoms with Gasteiger partial charge in [-0.1, -0.05) is 56.9 Å². The third kappa shape index (κ3) is 9.63. The van der Waals surface area contributed by atoms with E-state index >= 15 is 0 Å². The molecule has 1 saturated heterocycles. The number of rotatable bonds is 10. The molecule has 0 spiro atoms. The summed E-state index contributed by atoms with van der Waals surface area (Å²) in [5, 5.41) is 0. The molecule has 1 aliphatic carbocycles. The molecule has 2 aliphatic rings. The summed E-state index contributed by atoms with van der Waals surface area (Å²) in [5.74, 6) is 1.28. The number of benzene rings is 2. The average Bonchev–Trinajstić information content (AvgIpc) is 3.00. The molecule has 2 fully saturated rings. The Morgan fingerprint density at radius 2 is 1.27 bits per heavy atom. The number of hydrogen-bond acceptors (Lipinski definition) is 6. The lowest BCUT2D eigenvalue weighted by Gasteiger charge is -2.33. The Balaban J connectivity index is 1.57. The first-order valence-electron chi connectivity index (χ1n) is 16.3. The number of unbranched alkanes of at least 4 members (excludes halogenated alkanes) is 1. The molecule has 2 aromatic carbocycles. The van der Waals surface area contributed by atoms with Crippen LogP contribution in [-0.4, -0.2) is 82.8 Å². The van der Waals surface area contributed by atoms with Crippen LogP contribution in [0.15, 0.2) is 70.5 Å². The second-order valence-corrected chi connectivity index (χ2v) is 16.3. The van der Waals surface area contributed by atoms with Crippen molar-refractivity contribution in [3.05, 3.63) is 66.2 Å². The van der Waals surface area contributed by atoms with Gasteiger partial charge in [0.2, 0.25) is 20.0 Å². The maximum Gasteiger partial charge on any atom is 0.243 e. The van der Waals surface area contributed by atoms with E-state index in [0.717, 1.165) is 38.0 Å². The Hall–Kier alpha value is -2.24. The van der Waals surface area contributed by atoms with Gasteiger partial charge >= 0.3 is 0 Å². The van der Waals surface area contributed by atoms with Crippen molar-refractivity contribution in [1.82, 2.24) is 13.5 Å². The van der Waals surface area contributed by atoms with Crippen molar-refractivity contribution in [2.45, 2.75) is 81.4 Å². The van der Waals surface area contributed by atoms with Crippen LogP contribution in [-0.2, 0) is 20.0 Å². The number of hydrogen-bond donors (Lipinski definition) is 0. The third-order valence-electron chi connectivity index (χ3n) is 8.69. The third-order valence-corrected chi connectivity index (χ3v) is 12.4. The molecule has 0 radical (unpaired) electrons. The van der Waals surface area contributed by atoms with E-state index in [1.807, 2.05) is 6.92 Å². The molecule has 0 aromatic heterocycles. The van der Waals surface area contributed by atoms with Crippen LogP contribution in [0.25, 0.3) is 0 Å². The fraction of sp³-hybridized carbons (Fsp3) is 0.588. The highest BCUT2D eigenvalue weighted by Gasteiger charge is 2.30. The second kappa shape index (κ2) is 16.4. The molecule has 0 unspecified atom stereocenters. The molecule has 244 valence electrons. The van der Waals surface area contributed by atoms with Gasteiger partial charge in [-0.3, -0.25) is 0 Å². The first-order valence-corrected chi connectivity index (χ1v) is 19.2. The van der Waals surface area contributed by atoms with Crippen LogP contribution in [0.5, 0.6) is 5.75 Å². The summed E-state index contributed by atoms with van der Waals surface area (Å²) in [7, 11) is -7.64. The van der Waals surface area contributed by atoms with Crippen molar-refractivity contribution in [3.63, 3.8) is 0 Å². The fourth-order valence-corrected chi connectivity index (χ4v) is 9.14. The Labute approximate surface area is 266 Å². The summed E-state index contributed by atoms with van der Waals surface area (Å²) in [5.41, 5.74) is 1.53. The van der Waals surface area contributed by atoms with Gasteiger partial charge in [0.1, 0.15) is 5.75 Å². The Morgan fingerprint density at radius 1 is 0.750 bits per heavy atom. The van der Waals surface area contributed by atoms with Crippen LogP contribution in [0, 0.1) is 12.8 Å². The summed E-state index contributed by atoms with van der Waals surface area (Å²) in [6.45, 7) is 12.1. The molecule has 8 nitrogen and oxygen atoms in total. The summed E-state index contributed by atoms with van der Waals surface area (Å²) in [6, 6.07) is 13.5. The predicted octanol–water partition coefficient (Wildman–Crippen LogP) is 6.09. The van der Waals surface area contributed by atoms with E-state index in [9.17, 15) is 16.8 Å². The minimum Gasteiger partial charge on any atom is -0.494 e. The van der Waals surface area contributed by atoms with Crippen molar-refractivity contribution >= 4 is 20.0 Å². The molecule has 44 heavy (non-hydrogen) atoms. The van der Waals surface area contributed by atoms with E-state index in [1.54, 1.807) is 48.5 Å². The SMILES string of the molecule is C=C1CN(S(=O)(=O)c2ccc(C)cc2)CCCN(CC2CCCCC2)CCCN(S(=O)(=O)c2ccc(OCCCC)cc2)C1. The largest absolute Gasteiger partial charge is 0.494 e. The minimum atomic E-state index is -3.85. The smallest absolute Gasteiger partial charge is 0.243 e. The quantitative estimate of drug-likeness (QED) is 0.230. The first kappa shape index (κ1) is 34.6. The average molecular weight is 646 g/mol. The maximum absolute atomic E-state index is 14.0. The predicted molar refractivity (Wildman–Crippen MR) is 177 cm³/mol. The zero-order chi connectivity index (χ0) is 31.6. The molecule has 2 aromatic rings. The number of ether oxygens (including phenoxy) is 1. The van der Waals surface area contributed by atoms with E-state index in [1.165, 1.54) is 40.7 Å². The second-order valence-electron chi connectivity index (χ2n) is 12.4. The van der Waals surface area contributed by atoms with Crippen molar-refractivity contribution in [3.8, 4) is 5.75 Å². The van der Waals surface area contributed by atoms with Crippen molar-refractivity contribution in [2.24, 2.45) is 5.92 Å². The monoisotopic (exact) mass is 645 g/mol. The molecule has 0 bridgehead atoms. The van der Waals surface area contributed by atoms with Gasteiger partial charge in [-0.15, -0.1) is 0 Å². The Kier molecular flexibility index (Phi) is 12.9. The highest BCUT2D eigenvalue weighted by molar-refractivity contribution is 7.89. The highest BCUT2D eigenvalue weighted by atomic mass is 32.2. The normalized spacial score (nSPS) is 19.7. The van der Waals surface area contributed by atoms with Crippen LogP contribution < -0.4 is 4.74 Å². The first-order chi connectivity index (χ1) is 21.1. The lowest BCUT2D eigenvalue weighted by molar-refractivity contribution is 0.188. The van der Waals surface area contributed by atoms with E-state index in [2.05, 4.69) is 18.4 Å². The standard InChI is InChI=1S/C34H51N3O5S2/c1-4-5-25-42-32-15-19-34(20-16-32)44(40,41)37-24-10-22-35(28-31-11-7-6-8-12-31)21-9-23-36(26-30(3)27-37)43(38,39)33-17-13-29(2)14-18-33/h13-20,31H,3-12,21-28H2,1-2H3. The molecular formula is C34H51N3O5S2. The summed E-state index contributed by atoms with van der Waals surface area (Å²) < 4.78 is 64.2. The molecule has 0 atom stereocenters. The van der Waals surface area contributed by atoms with E-state index in [0.29, 0.717) is 49.8 Å². The van der Waals surface area contributed by atoms with Gasteiger partial charge in [-0.05, 0) is 100 Å². The van der Waals surface area contributed by atoms with Crippen molar-refractivity contribution in [2.75, 3.05) is 52.4 Å². The lowest BCUT2D eigenvalue weighted by atomic mass is 9.89. The number of sulfonamides is 2. The molecule has 10 heteroatoms. The Morgan fingerprint density at radius 3 is 1.80 bits per heavy atom. The fourth-order valence-electron chi connectivity index (χ4n) is 6.14. The van der Waals surface area contributed by atoms with Gasteiger partial charge in [0.25, 0.3) is 0 Å². The lowest BCUT2D eigenvalue weighted by Crippen LogP contribution is -2.42. The van der Waals surface area contributed by atoms with E-state index < -0.39 is 20.0 Å². The zero-order valence-electron chi connectivity index (χ0n) is 26.6. The summed E-state index contributed by atoms with van der Waals surface area (Å²) in [4.78, 5) is 2.87. The van der Waals surface area contributed by atoms with Crippen LogP contribution >= 0.6 is 0 Å². The molecule has 4 rings (SSSR count). The van der Waals surface area contributed by atoms with Gasteiger partial charge in [0.05, 0.1) is 16.4 Å². The zero-order valence-corrected chi connectivity index (χ0v) is 28.3. The Bertz CT molecular complexity index is 1400. The summed E-state index contributed by atoms with van der Waals surface area (Å²) in [6.07, 6.45) is 9.63. The van der Waals surface area contributed by atoms with E-state index in [-0.39, 0.29) is 22.9 Å². The van der Waals surface area contributed by atoms with Crippen molar-refractivity contribution in [1.29, 1.82) is 0 Å². The van der Waals surface area contributed by atoms with Crippen LogP contribution in [0.4, 0.5) is 0 Å². The number of nitrogens with zero attached hydrogens (tertiary/aromatic N) is 3. The van der Waals surface area contributed by atoms with Crippen LogP contribution in [0.3, 0.4) is 0 Å². The van der Waals surface area contributed by atoms with Gasteiger partial charge in [0.15, 0.2) is 0 Å². The molecule has 1 heterocycles.